The quantitative estimate of drug-likeness (QED) is 0.627. The summed E-state index contributed by atoms with van der Waals surface area (Å²) in [5.74, 6) is 0.386. The third-order valence-electron chi connectivity index (χ3n) is 3.51. The molecule has 1 aromatic rings. The molecule has 0 saturated carbocycles. The number of hydrogen-bond donors (Lipinski definition) is 1. The molecule has 0 spiro atoms. The average molecular weight is 266 g/mol. The maximum absolute atomic E-state index is 11.0. The molecular formula is C11H18N6O2. The number of hydrogen-bond acceptors (Lipinski definition) is 7. The van der Waals surface area contributed by atoms with E-state index in [-0.39, 0.29) is 11.6 Å². The van der Waals surface area contributed by atoms with Gasteiger partial charge >= 0.3 is 5.69 Å². The molecule has 1 atom stereocenters. The highest BCUT2D eigenvalue weighted by Gasteiger charge is 2.29. The van der Waals surface area contributed by atoms with E-state index < -0.39 is 4.92 Å². The Morgan fingerprint density at radius 1 is 1.58 bits per heavy atom. The van der Waals surface area contributed by atoms with Crippen LogP contribution in [0.1, 0.15) is 13.3 Å². The number of nitrogens with zero attached hydrogens (tertiary/aromatic N) is 5. The van der Waals surface area contributed by atoms with Crippen LogP contribution in [0.4, 0.5) is 17.5 Å². The van der Waals surface area contributed by atoms with E-state index in [9.17, 15) is 10.1 Å². The summed E-state index contributed by atoms with van der Waals surface area (Å²) < 4.78 is 0. The Morgan fingerprint density at radius 3 is 2.95 bits per heavy atom. The molecule has 1 unspecified atom stereocenters. The molecule has 0 radical (unpaired) electrons. The summed E-state index contributed by atoms with van der Waals surface area (Å²) >= 11 is 0. The van der Waals surface area contributed by atoms with E-state index in [0.717, 1.165) is 13.0 Å². The number of anilines is 2. The number of rotatable bonds is 3. The molecule has 0 aromatic carbocycles. The highest BCUT2D eigenvalue weighted by molar-refractivity contribution is 5.58. The van der Waals surface area contributed by atoms with Crippen molar-refractivity contribution in [3.8, 4) is 0 Å². The van der Waals surface area contributed by atoms with Gasteiger partial charge in [-0.1, -0.05) is 6.92 Å². The summed E-state index contributed by atoms with van der Waals surface area (Å²) in [4.78, 5) is 22.5. The van der Waals surface area contributed by atoms with Crippen LogP contribution in [-0.2, 0) is 0 Å². The summed E-state index contributed by atoms with van der Waals surface area (Å²) in [5, 5.41) is 11.0. The molecule has 1 saturated heterocycles. The van der Waals surface area contributed by atoms with Gasteiger partial charge < -0.3 is 10.6 Å². The highest BCUT2D eigenvalue weighted by Crippen LogP contribution is 2.27. The zero-order chi connectivity index (χ0) is 14.0. The molecule has 1 aliphatic rings. The third kappa shape index (κ3) is 2.73. The van der Waals surface area contributed by atoms with Crippen LogP contribution in [0.5, 0.6) is 0 Å². The number of piperazine rings is 1. The molecule has 8 nitrogen and oxygen atoms in total. The first-order valence-electron chi connectivity index (χ1n) is 6.25. The number of nitro groups is 1. The van der Waals surface area contributed by atoms with E-state index in [4.69, 9.17) is 5.73 Å². The molecule has 19 heavy (non-hydrogen) atoms. The Kier molecular flexibility index (Phi) is 3.79. The van der Waals surface area contributed by atoms with Gasteiger partial charge in [-0.05, 0) is 13.5 Å². The first kappa shape index (κ1) is 13.5. The van der Waals surface area contributed by atoms with Crippen molar-refractivity contribution >= 4 is 17.5 Å². The molecule has 1 aliphatic heterocycles. The molecule has 2 heterocycles. The predicted molar refractivity (Wildman–Crippen MR) is 72.0 cm³/mol. The standard InChI is InChI=1S/C11H18N6O2/c1-3-8-7-16(5-4-15(8)2)10-9(17(18)19)6-13-11(12)14-10/h6,8H,3-5,7H2,1-2H3,(H2,12,13,14). The van der Waals surface area contributed by atoms with Crippen LogP contribution >= 0.6 is 0 Å². The highest BCUT2D eigenvalue weighted by atomic mass is 16.6. The minimum absolute atomic E-state index is 0.0626. The van der Waals surface area contributed by atoms with E-state index in [1.54, 1.807) is 0 Å². The lowest BCUT2D eigenvalue weighted by molar-refractivity contribution is -0.384. The maximum atomic E-state index is 11.0. The van der Waals surface area contributed by atoms with Crippen molar-refractivity contribution in [1.29, 1.82) is 0 Å². The maximum Gasteiger partial charge on any atom is 0.329 e. The van der Waals surface area contributed by atoms with Gasteiger partial charge in [-0.3, -0.25) is 15.0 Å². The van der Waals surface area contributed by atoms with E-state index >= 15 is 0 Å². The van der Waals surface area contributed by atoms with Crippen LogP contribution in [0.2, 0.25) is 0 Å². The van der Waals surface area contributed by atoms with Crippen molar-refractivity contribution in [3.05, 3.63) is 16.3 Å². The second-order valence-corrected chi connectivity index (χ2v) is 4.68. The second-order valence-electron chi connectivity index (χ2n) is 4.68. The van der Waals surface area contributed by atoms with Crippen LogP contribution in [-0.4, -0.2) is 52.5 Å². The van der Waals surface area contributed by atoms with Gasteiger partial charge in [0, 0.05) is 25.7 Å². The molecule has 1 aromatic heterocycles. The summed E-state index contributed by atoms with van der Waals surface area (Å²) in [6.45, 7) is 4.36. The Balaban J connectivity index is 2.31. The van der Waals surface area contributed by atoms with Gasteiger partial charge in [-0.2, -0.15) is 4.98 Å². The molecule has 8 heteroatoms. The van der Waals surface area contributed by atoms with Gasteiger partial charge in [0.15, 0.2) is 0 Å². The fourth-order valence-corrected chi connectivity index (χ4v) is 2.32. The molecule has 0 bridgehead atoms. The van der Waals surface area contributed by atoms with Crippen molar-refractivity contribution in [1.82, 2.24) is 14.9 Å². The summed E-state index contributed by atoms with van der Waals surface area (Å²) in [6, 6.07) is 0.365. The summed E-state index contributed by atoms with van der Waals surface area (Å²) in [7, 11) is 2.06. The monoisotopic (exact) mass is 266 g/mol. The zero-order valence-electron chi connectivity index (χ0n) is 11.1. The van der Waals surface area contributed by atoms with E-state index in [1.165, 1.54) is 6.20 Å². The summed E-state index contributed by atoms with van der Waals surface area (Å²) in [5.41, 5.74) is 5.46. The largest absolute Gasteiger partial charge is 0.368 e. The van der Waals surface area contributed by atoms with E-state index in [1.807, 2.05) is 4.90 Å². The first-order valence-corrected chi connectivity index (χ1v) is 6.25. The Hall–Kier alpha value is -1.96. The molecule has 2 N–H and O–H groups in total. The SMILES string of the molecule is CCC1CN(c2nc(N)ncc2[N+](=O)[O-])CCN1C. The van der Waals surface area contributed by atoms with Gasteiger partial charge in [0.2, 0.25) is 11.8 Å². The van der Waals surface area contributed by atoms with Gasteiger partial charge in [0.05, 0.1) is 4.92 Å². The molecule has 0 aliphatic carbocycles. The molecule has 1 fully saturated rings. The number of aromatic nitrogens is 2. The topological polar surface area (TPSA) is 101 Å². The molecule has 0 amide bonds. The number of nitrogens with two attached hydrogens (primary N) is 1. The fourth-order valence-electron chi connectivity index (χ4n) is 2.32. The van der Waals surface area contributed by atoms with Gasteiger partial charge in [-0.25, -0.2) is 4.98 Å². The van der Waals surface area contributed by atoms with Crippen molar-refractivity contribution < 1.29 is 4.92 Å². The van der Waals surface area contributed by atoms with E-state index in [0.29, 0.717) is 24.9 Å². The third-order valence-corrected chi connectivity index (χ3v) is 3.51. The molecule has 2 rings (SSSR count). The van der Waals surface area contributed by atoms with Crippen LogP contribution in [0.25, 0.3) is 0 Å². The van der Waals surface area contributed by atoms with Crippen LogP contribution in [0.15, 0.2) is 6.20 Å². The minimum atomic E-state index is -0.464. The van der Waals surface area contributed by atoms with E-state index in [2.05, 4.69) is 28.8 Å². The van der Waals surface area contributed by atoms with Crippen molar-refractivity contribution in [2.75, 3.05) is 37.3 Å². The zero-order valence-corrected chi connectivity index (χ0v) is 11.1. The average Bonchev–Trinajstić information content (AvgIpc) is 2.38. The predicted octanol–water partition coefficient (Wildman–Crippen LogP) is 0.497. The van der Waals surface area contributed by atoms with Crippen molar-refractivity contribution in [3.63, 3.8) is 0 Å². The van der Waals surface area contributed by atoms with Crippen LogP contribution in [0.3, 0.4) is 0 Å². The normalized spacial score (nSPS) is 20.5. The lowest BCUT2D eigenvalue weighted by atomic mass is 10.1. The Labute approximate surface area is 111 Å². The van der Waals surface area contributed by atoms with Crippen LogP contribution < -0.4 is 10.6 Å². The minimum Gasteiger partial charge on any atom is -0.368 e. The lowest BCUT2D eigenvalue weighted by Crippen LogP contribution is -2.51. The molecular weight excluding hydrogens is 248 g/mol. The number of likely N-dealkylation sites (N-methyl/N-ethyl adjacent to an activating group) is 1. The summed E-state index contributed by atoms with van der Waals surface area (Å²) in [6.07, 6.45) is 2.16. The van der Waals surface area contributed by atoms with Gasteiger partial charge in [-0.15, -0.1) is 0 Å². The Morgan fingerprint density at radius 2 is 2.32 bits per heavy atom. The molecule has 104 valence electrons. The Bertz CT molecular complexity index is 480. The van der Waals surface area contributed by atoms with Gasteiger partial charge in [0.25, 0.3) is 0 Å². The smallest absolute Gasteiger partial charge is 0.329 e. The lowest BCUT2D eigenvalue weighted by Gasteiger charge is -2.39. The number of nitrogen functional groups attached to an aromatic ring is 1. The van der Waals surface area contributed by atoms with Crippen molar-refractivity contribution in [2.45, 2.75) is 19.4 Å². The second kappa shape index (κ2) is 5.35. The van der Waals surface area contributed by atoms with Crippen LogP contribution in [0, 0.1) is 10.1 Å². The van der Waals surface area contributed by atoms with Crippen molar-refractivity contribution in [2.24, 2.45) is 0 Å². The van der Waals surface area contributed by atoms with Gasteiger partial charge in [0.1, 0.15) is 6.20 Å². The fraction of sp³-hybridized carbons (Fsp3) is 0.636. The first-order chi connectivity index (χ1) is 9.02.